The van der Waals surface area contributed by atoms with Crippen LogP contribution in [0.15, 0.2) is 48.4 Å². The topological polar surface area (TPSA) is 46.9 Å². The molecule has 1 aromatic carbocycles. The zero-order valence-corrected chi connectivity index (χ0v) is 15.8. The molecule has 1 aliphatic carbocycles. The van der Waals surface area contributed by atoms with Gasteiger partial charge in [0, 0.05) is 35.7 Å². The van der Waals surface area contributed by atoms with E-state index in [-0.39, 0.29) is 5.91 Å². The van der Waals surface area contributed by atoms with Gasteiger partial charge < -0.3 is 9.88 Å². The third-order valence-electron chi connectivity index (χ3n) is 5.05. The Morgan fingerprint density at radius 1 is 1.31 bits per heavy atom. The van der Waals surface area contributed by atoms with Crippen molar-refractivity contribution in [1.29, 1.82) is 0 Å². The number of benzene rings is 1. The summed E-state index contributed by atoms with van der Waals surface area (Å²) >= 11 is 1.74. The molecule has 0 fully saturated rings. The molecule has 0 radical (unpaired) electrons. The van der Waals surface area contributed by atoms with Crippen LogP contribution in [-0.2, 0) is 25.9 Å². The van der Waals surface area contributed by atoms with E-state index in [9.17, 15) is 4.79 Å². The summed E-state index contributed by atoms with van der Waals surface area (Å²) in [5.74, 6) is 0.789. The predicted molar refractivity (Wildman–Crippen MR) is 104 cm³/mol. The van der Waals surface area contributed by atoms with Gasteiger partial charge in [0.15, 0.2) is 0 Å². The number of carbonyl (C=O) groups is 1. The fourth-order valence-corrected chi connectivity index (χ4v) is 4.74. The standard InChI is InChI=1S/C21H23N3OS/c1-15-2-7-18-19(13-26-20(18)10-15)21(25)23-11-16-3-5-17(6-4-16)12-24-9-8-22-14-24/h3-6,8-9,13-15H,2,7,10-12H2,1H3,(H,23,25). The lowest BCUT2D eigenvalue weighted by molar-refractivity contribution is 0.0950. The summed E-state index contributed by atoms with van der Waals surface area (Å²) < 4.78 is 2.04. The molecule has 4 rings (SSSR count). The van der Waals surface area contributed by atoms with Crippen LogP contribution < -0.4 is 5.32 Å². The summed E-state index contributed by atoms with van der Waals surface area (Å²) in [7, 11) is 0. The van der Waals surface area contributed by atoms with Gasteiger partial charge in [0.05, 0.1) is 11.9 Å². The molecule has 2 aromatic heterocycles. The molecule has 0 saturated carbocycles. The number of nitrogens with one attached hydrogen (secondary N) is 1. The van der Waals surface area contributed by atoms with Gasteiger partial charge in [0.1, 0.15) is 0 Å². The second-order valence-electron chi connectivity index (χ2n) is 7.13. The van der Waals surface area contributed by atoms with Gasteiger partial charge in [-0.25, -0.2) is 4.98 Å². The van der Waals surface area contributed by atoms with Crippen molar-refractivity contribution < 1.29 is 4.79 Å². The molecule has 5 heteroatoms. The summed E-state index contributed by atoms with van der Waals surface area (Å²) in [5.41, 5.74) is 4.50. The third-order valence-corrected chi connectivity index (χ3v) is 6.10. The molecule has 3 aromatic rings. The van der Waals surface area contributed by atoms with Crippen molar-refractivity contribution in [3.8, 4) is 0 Å². The average Bonchev–Trinajstić information content (AvgIpc) is 3.30. The number of hydrogen-bond donors (Lipinski definition) is 1. The van der Waals surface area contributed by atoms with Gasteiger partial charge in [0.2, 0.25) is 0 Å². The monoisotopic (exact) mass is 365 g/mol. The second-order valence-corrected chi connectivity index (χ2v) is 8.10. The molecule has 1 atom stereocenters. The number of hydrogen-bond acceptors (Lipinski definition) is 3. The van der Waals surface area contributed by atoms with Crippen molar-refractivity contribution in [2.75, 3.05) is 0 Å². The van der Waals surface area contributed by atoms with E-state index in [4.69, 9.17) is 0 Å². The molecule has 4 nitrogen and oxygen atoms in total. The summed E-state index contributed by atoms with van der Waals surface area (Å²) in [6.07, 6.45) is 8.89. The Morgan fingerprint density at radius 2 is 2.12 bits per heavy atom. The van der Waals surface area contributed by atoms with Gasteiger partial charge in [-0.3, -0.25) is 4.79 Å². The first-order valence-corrected chi connectivity index (χ1v) is 9.98. The maximum Gasteiger partial charge on any atom is 0.252 e. The lowest BCUT2D eigenvalue weighted by Gasteiger charge is -2.18. The van der Waals surface area contributed by atoms with E-state index in [1.807, 2.05) is 22.5 Å². The molecule has 1 aliphatic rings. The molecular formula is C21H23N3OS. The molecule has 1 unspecified atom stereocenters. The van der Waals surface area contributed by atoms with E-state index in [2.05, 4.69) is 41.5 Å². The quantitative estimate of drug-likeness (QED) is 0.741. The first-order valence-electron chi connectivity index (χ1n) is 9.10. The minimum Gasteiger partial charge on any atom is -0.348 e. The minimum absolute atomic E-state index is 0.0551. The molecule has 1 N–H and O–H groups in total. The number of imidazole rings is 1. The lowest BCUT2D eigenvalue weighted by atomic mass is 9.88. The lowest BCUT2D eigenvalue weighted by Crippen LogP contribution is -2.24. The summed E-state index contributed by atoms with van der Waals surface area (Å²) in [4.78, 5) is 18.1. The molecule has 1 amide bonds. The van der Waals surface area contributed by atoms with Gasteiger partial charge in [-0.15, -0.1) is 11.3 Å². The number of carbonyl (C=O) groups excluding carboxylic acids is 1. The van der Waals surface area contributed by atoms with Gasteiger partial charge >= 0.3 is 0 Å². The number of rotatable bonds is 5. The van der Waals surface area contributed by atoms with Gasteiger partial charge in [-0.2, -0.15) is 0 Å². The van der Waals surface area contributed by atoms with Crippen molar-refractivity contribution in [2.24, 2.45) is 5.92 Å². The Bertz CT molecular complexity index is 881. The van der Waals surface area contributed by atoms with Crippen LogP contribution in [0.5, 0.6) is 0 Å². The van der Waals surface area contributed by atoms with Crippen molar-refractivity contribution in [2.45, 2.75) is 39.3 Å². The Kier molecular flexibility index (Phi) is 4.89. The molecular weight excluding hydrogens is 342 g/mol. The van der Waals surface area contributed by atoms with Crippen molar-refractivity contribution in [3.63, 3.8) is 0 Å². The smallest absolute Gasteiger partial charge is 0.252 e. The zero-order valence-electron chi connectivity index (χ0n) is 14.9. The molecule has 26 heavy (non-hydrogen) atoms. The van der Waals surface area contributed by atoms with Crippen LogP contribution in [0.4, 0.5) is 0 Å². The highest BCUT2D eigenvalue weighted by molar-refractivity contribution is 7.10. The normalized spacial score (nSPS) is 16.3. The third kappa shape index (κ3) is 3.73. The van der Waals surface area contributed by atoms with Crippen LogP contribution in [0.3, 0.4) is 0 Å². The number of fused-ring (bicyclic) bond motifs is 1. The van der Waals surface area contributed by atoms with Crippen LogP contribution in [0, 0.1) is 5.92 Å². The molecule has 2 heterocycles. The van der Waals surface area contributed by atoms with Crippen molar-refractivity contribution in [3.05, 3.63) is 75.5 Å². The SMILES string of the molecule is CC1CCc2c(C(=O)NCc3ccc(Cn4ccnc4)cc3)csc2C1. The zero-order chi connectivity index (χ0) is 17.9. The van der Waals surface area contributed by atoms with E-state index in [1.54, 1.807) is 17.5 Å². The number of nitrogens with zero attached hydrogens (tertiary/aromatic N) is 2. The fourth-order valence-electron chi connectivity index (χ4n) is 3.50. The molecule has 134 valence electrons. The Hall–Kier alpha value is -2.40. The maximum absolute atomic E-state index is 12.6. The van der Waals surface area contributed by atoms with Gasteiger partial charge in [-0.05, 0) is 41.9 Å². The fraction of sp³-hybridized carbons (Fsp3) is 0.333. The van der Waals surface area contributed by atoms with E-state index in [0.717, 1.165) is 36.4 Å². The highest BCUT2D eigenvalue weighted by Gasteiger charge is 2.22. The summed E-state index contributed by atoms with van der Waals surface area (Å²) in [6, 6.07) is 8.37. The van der Waals surface area contributed by atoms with E-state index >= 15 is 0 Å². The van der Waals surface area contributed by atoms with Crippen molar-refractivity contribution in [1.82, 2.24) is 14.9 Å². The van der Waals surface area contributed by atoms with Crippen LogP contribution in [-0.4, -0.2) is 15.5 Å². The van der Waals surface area contributed by atoms with Crippen LogP contribution in [0.2, 0.25) is 0 Å². The van der Waals surface area contributed by atoms with Crippen LogP contribution >= 0.6 is 11.3 Å². The Labute approximate surface area is 157 Å². The highest BCUT2D eigenvalue weighted by Crippen LogP contribution is 2.32. The maximum atomic E-state index is 12.6. The van der Waals surface area contributed by atoms with Gasteiger partial charge in [0.25, 0.3) is 5.91 Å². The van der Waals surface area contributed by atoms with E-state index in [0.29, 0.717) is 6.54 Å². The predicted octanol–water partition coefficient (Wildman–Crippen LogP) is 4.05. The minimum atomic E-state index is 0.0551. The average molecular weight is 366 g/mol. The number of aromatic nitrogens is 2. The summed E-state index contributed by atoms with van der Waals surface area (Å²) in [5, 5.41) is 5.11. The number of amides is 1. The van der Waals surface area contributed by atoms with Crippen LogP contribution in [0.1, 0.15) is 45.3 Å². The largest absolute Gasteiger partial charge is 0.348 e. The second kappa shape index (κ2) is 7.46. The molecule has 0 spiro atoms. The molecule has 0 bridgehead atoms. The van der Waals surface area contributed by atoms with Crippen molar-refractivity contribution >= 4 is 17.2 Å². The first kappa shape index (κ1) is 17.0. The molecule has 0 saturated heterocycles. The Morgan fingerprint density at radius 3 is 2.88 bits per heavy atom. The number of thiophene rings is 1. The first-order chi connectivity index (χ1) is 12.7. The van der Waals surface area contributed by atoms with E-state index < -0.39 is 0 Å². The van der Waals surface area contributed by atoms with Crippen LogP contribution in [0.25, 0.3) is 0 Å². The molecule has 0 aliphatic heterocycles. The highest BCUT2D eigenvalue weighted by atomic mass is 32.1. The van der Waals surface area contributed by atoms with Gasteiger partial charge in [-0.1, -0.05) is 31.2 Å². The van der Waals surface area contributed by atoms with E-state index in [1.165, 1.54) is 22.4 Å². The Balaban J connectivity index is 1.36. The summed E-state index contributed by atoms with van der Waals surface area (Å²) in [6.45, 7) is 3.66.